The zero-order chi connectivity index (χ0) is 20.1. The Labute approximate surface area is 166 Å². The van der Waals surface area contributed by atoms with Crippen LogP contribution in [-0.4, -0.2) is 34.8 Å². The summed E-state index contributed by atoms with van der Waals surface area (Å²) in [6.07, 6.45) is 8.06. The van der Waals surface area contributed by atoms with Gasteiger partial charge in [0.15, 0.2) is 0 Å². The molecule has 7 heteroatoms. The smallest absolute Gasteiger partial charge is 0.274 e. The van der Waals surface area contributed by atoms with Crippen molar-refractivity contribution in [3.63, 3.8) is 0 Å². The number of rotatable bonds is 7. The minimum absolute atomic E-state index is 0.00887. The first-order valence-corrected chi connectivity index (χ1v) is 9.85. The van der Waals surface area contributed by atoms with Crippen molar-refractivity contribution in [1.29, 1.82) is 0 Å². The third-order valence-electron chi connectivity index (χ3n) is 5.13. The number of aryl methyl sites for hydroxylation is 1. The second kappa shape index (κ2) is 8.91. The molecule has 0 bridgehead atoms. The monoisotopic (exact) mass is 383 g/mol. The number of hydrogen-bond donors (Lipinski definition) is 3. The molecule has 1 fully saturated rings. The fraction of sp³-hybridized carbons (Fsp3) is 0.476. The molecule has 4 N–H and O–H groups in total. The van der Waals surface area contributed by atoms with Crippen LogP contribution in [0.15, 0.2) is 35.7 Å². The quantitative estimate of drug-likeness (QED) is 0.669. The number of carbonyl (C=O) groups is 2. The van der Waals surface area contributed by atoms with Crippen LogP contribution in [-0.2, 0) is 16.1 Å². The van der Waals surface area contributed by atoms with E-state index >= 15 is 0 Å². The van der Waals surface area contributed by atoms with Crippen LogP contribution in [0.1, 0.15) is 43.9 Å². The molecule has 2 aliphatic rings. The zero-order valence-electron chi connectivity index (χ0n) is 16.6. The van der Waals surface area contributed by atoms with Crippen LogP contribution < -0.4 is 16.4 Å². The summed E-state index contributed by atoms with van der Waals surface area (Å²) in [6, 6.07) is 3.57. The second-order valence-corrected chi connectivity index (χ2v) is 7.51. The van der Waals surface area contributed by atoms with Gasteiger partial charge < -0.3 is 21.3 Å². The summed E-state index contributed by atoms with van der Waals surface area (Å²) >= 11 is 0. The van der Waals surface area contributed by atoms with Gasteiger partial charge in [0.25, 0.3) is 5.91 Å². The standard InChI is InChI=1S/C21H29N5O2/c1-14-5-3-4-6-18(23-11-16-7-8-16)21(28)26(14)13-20(27)24-12-17-9-10-19(22)25-15(17)2/h5-6,9-10,16,23H,3-4,7-8,11-13H2,1-2H3,(H2,22,25)(H,24,27)/b14-5-,18-6+. The highest BCUT2D eigenvalue weighted by Gasteiger charge is 2.26. The lowest BCUT2D eigenvalue weighted by Gasteiger charge is -2.26. The summed E-state index contributed by atoms with van der Waals surface area (Å²) < 4.78 is 0. The molecule has 0 saturated heterocycles. The Bertz CT molecular complexity index is 811. The molecule has 0 radical (unpaired) electrons. The van der Waals surface area contributed by atoms with Crippen LogP contribution >= 0.6 is 0 Å². The lowest BCUT2D eigenvalue weighted by Crippen LogP contribution is -2.42. The van der Waals surface area contributed by atoms with Gasteiger partial charge in [0.05, 0.1) is 5.70 Å². The number of amides is 2. The van der Waals surface area contributed by atoms with Gasteiger partial charge in [0, 0.05) is 24.5 Å². The molecule has 1 aromatic heterocycles. The molecule has 0 atom stereocenters. The Balaban J connectivity index is 1.61. The van der Waals surface area contributed by atoms with Gasteiger partial charge in [-0.05, 0) is 57.1 Å². The number of nitrogens with two attached hydrogens (primary N) is 1. The molecular formula is C21H29N5O2. The van der Waals surface area contributed by atoms with Gasteiger partial charge in [-0.3, -0.25) is 9.59 Å². The number of nitrogens with one attached hydrogen (secondary N) is 2. The Morgan fingerprint density at radius 2 is 2.00 bits per heavy atom. The van der Waals surface area contributed by atoms with E-state index in [2.05, 4.69) is 15.6 Å². The summed E-state index contributed by atoms with van der Waals surface area (Å²) in [5.74, 6) is 0.774. The van der Waals surface area contributed by atoms with Crippen LogP contribution in [0.4, 0.5) is 5.82 Å². The average Bonchev–Trinajstić information content (AvgIpc) is 3.47. The number of carbonyl (C=O) groups excluding carboxylic acids is 2. The van der Waals surface area contributed by atoms with E-state index in [4.69, 9.17) is 5.73 Å². The van der Waals surface area contributed by atoms with Crippen molar-refractivity contribution in [3.8, 4) is 0 Å². The minimum Gasteiger partial charge on any atom is -0.384 e. The predicted octanol–water partition coefficient (Wildman–Crippen LogP) is 2.00. The zero-order valence-corrected chi connectivity index (χ0v) is 16.6. The molecule has 1 saturated carbocycles. The number of nitrogen functional groups attached to an aromatic ring is 1. The minimum atomic E-state index is -0.209. The van der Waals surface area contributed by atoms with Crippen molar-refractivity contribution in [2.24, 2.45) is 5.92 Å². The van der Waals surface area contributed by atoms with Crippen molar-refractivity contribution in [3.05, 3.63) is 46.9 Å². The molecule has 2 amide bonds. The number of allylic oxidation sites excluding steroid dienone is 3. The Morgan fingerprint density at radius 1 is 1.25 bits per heavy atom. The summed E-state index contributed by atoms with van der Waals surface area (Å²) in [6.45, 7) is 4.90. The van der Waals surface area contributed by atoms with E-state index in [1.807, 2.05) is 32.1 Å². The molecule has 28 heavy (non-hydrogen) atoms. The Morgan fingerprint density at radius 3 is 2.71 bits per heavy atom. The normalized spacial score (nSPS) is 21.1. The highest BCUT2D eigenvalue weighted by atomic mass is 16.2. The maximum Gasteiger partial charge on any atom is 0.274 e. The first kappa shape index (κ1) is 19.9. The van der Waals surface area contributed by atoms with E-state index in [0.29, 0.717) is 24.0 Å². The van der Waals surface area contributed by atoms with Gasteiger partial charge in [0.2, 0.25) is 5.91 Å². The summed E-state index contributed by atoms with van der Waals surface area (Å²) in [7, 11) is 0. The second-order valence-electron chi connectivity index (χ2n) is 7.51. The largest absolute Gasteiger partial charge is 0.384 e. The third-order valence-corrected chi connectivity index (χ3v) is 5.13. The van der Waals surface area contributed by atoms with Crippen LogP contribution in [0.3, 0.4) is 0 Å². The van der Waals surface area contributed by atoms with Crippen molar-refractivity contribution in [2.45, 2.75) is 46.1 Å². The van der Waals surface area contributed by atoms with Crippen LogP contribution in [0.2, 0.25) is 0 Å². The highest BCUT2D eigenvalue weighted by molar-refractivity contribution is 5.96. The molecule has 0 aromatic carbocycles. The first-order valence-electron chi connectivity index (χ1n) is 9.85. The van der Waals surface area contributed by atoms with Gasteiger partial charge in [0.1, 0.15) is 12.4 Å². The number of nitrogens with zero attached hydrogens (tertiary/aromatic N) is 2. The van der Waals surface area contributed by atoms with E-state index in [1.165, 1.54) is 12.8 Å². The fourth-order valence-corrected chi connectivity index (χ4v) is 3.13. The van der Waals surface area contributed by atoms with E-state index in [-0.39, 0.29) is 18.4 Å². The predicted molar refractivity (Wildman–Crippen MR) is 109 cm³/mol. The SMILES string of the molecule is C/C1=C/CC/C=C(/NCC2CC2)C(=O)N1CC(=O)NCc1ccc(N)nc1C. The van der Waals surface area contributed by atoms with Crippen LogP contribution in [0, 0.1) is 12.8 Å². The van der Waals surface area contributed by atoms with E-state index in [1.54, 1.807) is 11.0 Å². The molecule has 1 aromatic rings. The van der Waals surface area contributed by atoms with E-state index < -0.39 is 0 Å². The van der Waals surface area contributed by atoms with Crippen molar-refractivity contribution in [2.75, 3.05) is 18.8 Å². The Kier molecular flexibility index (Phi) is 6.34. The topological polar surface area (TPSA) is 100 Å². The van der Waals surface area contributed by atoms with Gasteiger partial charge >= 0.3 is 0 Å². The summed E-state index contributed by atoms with van der Waals surface area (Å²) in [5.41, 5.74) is 8.77. The van der Waals surface area contributed by atoms with Gasteiger partial charge in [-0.1, -0.05) is 18.2 Å². The number of anilines is 1. The molecule has 0 spiro atoms. The lowest BCUT2D eigenvalue weighted by atomic mass is 10.1. The van der Waals surface area contributed by atoms with Gasteiger partial charge in [-0.2, -0.15) is 0 Å². The summed E-state index contributed by atoms with van der Waals surface area (Å²) in [5, 5.41) is 6.16. The molecule has 1 aliphatic carbocycles. The van der Waals surface area contributed by atoms with Gasteiger partial charge in [-0.15, -0.1) is 0 Å². The lowest BCUT2D eigenvalue weighted by molar-refractivity contribution is -0.131. The summed E-state index contributed by atoms with van der Waals surface area (Å²) in [4.78, 5) is 31.3. The van der Waals surface area contributed by atoms with E-state index in [0.717, 1.165) is 36.3 Å². The Hall–Kier alpha value is -2.83. The van der Waals surface area contributed by atoms with Crippen LogP contribution in [0.5, 0.6) is 0 Å². The molecule has 2 heterocycles. The van der Waals surface area contributed by atoms with Crippen LogP contribution in [0.25, 0.3) is 0 Å². The highest BCUT2D eigenvalue weighted by Crippen LogP contribution is 2.28. The third kappa shape index (κ3) is 5.34. The van der Waals surface area contributed by atoms with Crippen molar-refractivity contribution in [1.82, 2.24) is 20.5 Å². The number of aromatic nitrogens is 1. The maximum absolute atomic E-state index is 13.0. The molecule has 1 aliphatic heterocycles. The first-order chi connectivity index (χ1) is 13.4. The molecule has 150 valence electrons. The number of hydrogen-bond acceptors (Lipinski definition) is 5. The van der Waals surface area contributed by atoms with Crippen molar-refractivity contribution < 1.29 is 9.59 Å². The van der Waals surface area contributed by atoms with E-state index in [9.17, 15) is 9.59 Å². The molecule has 0 unspecified atom stereocenters. The average molecular weight is 383 g/mol. The molecular weight excluding hydrogens is 354 g/mol. The number of pyridine rings is 1. The molecule has 7 nitrogen and oxygen atoms in total. The fourth-order valence-electron chi connectivity index (χ4n) is 3.13. The van der Waals surface area contributed by atoms with Gasteiger partial charge in [-0.25, -0.2) is 4.98 Å². The maximum atomic E-state index is 13.0. The van der Waals surface area contributed by atoms with Crippen molar-refractivity contribution >= 4 is 17.6 Å². The molecule has 3 rings (SSSR count).